The molecule has 0 aromatic heterocycles. The van der Waals surface area contributed by atoms with Gasteiger partial charge < -0.3 is 4.74 Å². The summed E-state index contributed by atoms with van der Waals surface area (Å²) in [6.45, 7) is 6.51. The molecule has 0 saturated carbocycles. The zero-order valence-electron chi connectivity index (χ0n) is 18.0. The van der Waals surface area contributed by atoms with Gasteiger partial charge in [0, 0.05) is 13.1 Å². The molecule has 3 rings (SSSR count). The van der Waals surface area contributed by atoms with Crippen LogP contribution in [0.15, 0.2) is 77.7 Å². The topological polar surface area (TPSA) is 46.6 Å². The standard InChI is InChI=1S/C25H29NO3S/c1-19(2)23-16-25(20(3)15-24(23)29-4)30(27,28)26(17-21-11-7-5-8-12-21)18-22-13-9-6-10-14-22/h5-16,19H,17-18H2,1-4H3. The van der Waals surface area contributed by atoms with E-state index in [1.807, 2.05) is 87.5 Å². The number of hydrogen-bond donors (Lipinski definition) is 0. The number of methoxy groups -OCH3 is 1. The predicted octanol–water partition coefficient (Wildman–Crippen LogP) is 5.52. The molecule has 0 atom stereocenters. The van der Waals surface area contributed by atoms with E-state index in [1.165, 1.54) is 0 Å². The second-order valence-corrected chi connectivity index (χ2v) is 9.67. The van der Waals surface area contributed by atoms with Crippen LogP contribution in [-0.2, 0) is 23.1 Å². The maximum absolute atomic E-state index is 13.8. The summed E-state index contributed by atoms with van der Waals surface area (Å²) in [6.07, 6.45) is 0. The summed E-state index contributed by atoms with van der Waals surface area (Å²) >= 11 is 0. The molecule has 0 aliphatic carbocycles. The third-order valence-corrected chi connectivity index (χ3v) is 7.10. The van der Waals surface area contributed by atoms with Crippen molar-refractivity contribution in [2.45, 2.75) is 44.7 Å². The lowest BCUT2D eigenvalue weighted by Crippen LogP contribution is -2.31. The van der Waals surface area contributed by atoms with Gasteiger partial charge in [-0.25, -0.2) is 8.42 Å². The lowest BCUT2D eigenvalue weighted by atomic mass is 10.0. The second kappa shape index (κ2) is 9.45. The Morgan fingerprint density at radius 3 is 1.80 bits per heavy atom. The van der Waals surface area contributed by atoms with Gasteiger partial charge in [0.2, 0.25) is 10.0 Å². The van der Waals surface area contributed by atoms with Crippen molar-refractivity contribution in [2.75, 3.05) is 7.11 Å². The number of benzene rings is 3. The number of ether oxygens (including phenoxy) is 1. The number of rotatable bonds is 8. The monoisotopic (exact) mass is 423 g/mol. The maximum atomic E-state index is 13.8. The molecule has 0 radical (unpaired) electrons. The zero-order chi connectivity index (χ0) is 21.7. The van der Waals surface area contributed by atoms with Gasteiger partial charge in [-0.05, 0) is 47.2 Å². The van der Waals surface area contributed by atoms with Crippen LogP contribution in [0, 0.1) is 6.92 Å². The van der Waals surface area contributed by atoms with Crippen LogP contribution in [0.4, 0.5) is 0 Å². The minimum absolute atomic E-state index is 0.145. The molecule has 0 unspecified atom stereocenters. The summed E-state index contributed by atoms with van der Waals surface area (Å²) in [6, 6.07) is 23.0. The molecule has 0 aliphatic heterocycles. The predicted molar refractivity (Wildman–Crippen MR) is 121 cm³/mol. The van der Waals surface area contributed by atoms with E-state index >= 15 is 0 Å². The van der Waals surface area contributed by atoms with Gasteiger partial charge in [0.05, 0.1) is 12.0 Å². The Kier molecular flexibility index (Phi) is 6.95. The van der Waals surface area contributed by atoms with Crippen LogP contribution in [0.3, 0.4) is 0 Å². The third-order valence-electron chi connectivity index (χ3n) is 5.17. The second-order valence-electron chi connectivity index (χ2n) is 7.76. The van der Waals surface area contributed by atoms with Crippen molar-refractivity contribution < 1.29 is 13.2 Å². The molecule has 0 saturated heterocycles. The van der Waals surface area contributed by atoms with Crippen molar-refractivity contribution in [3.8, 4) is 5.75 Å². The molecule has 5 heteroatoms. The van der Waals surface area contributed by atoms with E-state index in [0.717, 1.165) is 22.4 Å². The van der Waals surface area contributed by atoms with Crippen LogP contribution >= 0.6 is 0 Å². The molecule has 3 aromatic rings. The van der Waals surface area contributed by atoms with Gasteiger partial charge in [0.15, 0.2) is 0 Å². The van der Waals surface area contributed by atoms with Crippen molar-refractivity contribution in [3.63, 3.8) is 0 Å². The molecule has 0 amide bonds. The first-order valence-electron chi connectivity index (χ1n) is 10.1. The highest BCUT2D eigenvalue weighted by Gasteiger charge is 2.28. The van der Waals surface area contributed by atoms with Crippen LogP contribution in [0.1, 0.15) is 42.0 Å². The molecule has 0 aliphatic rings. The van der Waals surface area contributed by atoms with Gasteiger partial charge in [-0.2, -0.15) is 4.31 Å². The summed E-state index contributed by atoms with van der Waals surface area (Å²) in [5.74, 6) is 0.866. The molecule has 3 aromatic carbocycles. The summed E-state index contributed by atoms with van der Waals surface area (Å²) in [5, 5.41) is 0. The smallest absolute Gasteiger partial charge is 0.243 e. The average molecular weight is 424 g/mol. The summed E-state index contributed by atoms with van der Waals surface area (Å²) in [4.78, 5) is 0.332. The largest absolute Gasteiger partial charge is 0.496 e. The van der Waals surface area contributed by atoms with Crippen LogP contribution in [-0.4, -0.2) is 19.8 Å². The number of hydrogen-bond acceptors (Lipinski definition) is 3. The molecule has 0 N–H and O–H groups in total. The van der Waals surface area contributed by atoms with Gasteiger partial charge in [-0.15, -0.1) is 0 Å². The fourth-order valence-corrected chi connectivity index (χ4v) is 5.18. The van der Waals surface area contributed by atoms with E-state index in [9.17, 15) is 8.42 Å². The highest BCUT2D eigenvalue weighted by Crippen LogP contribution is 2.33. The molecule has 0 spiro atoms. The molecule has 0 heterocycles. The van der Waals surface area contributed by atoms with Gasteiger partial charge in [0.1, 0.15) is 5.75 Å². The van der Waals surface area contributed by atoms with Crippen molar-refractivity contribution >= 4 is 10.0 Å². The van der Waals surface area contributed by atoms with Crippen molar-refractivity contribution in [2.24, 2.45) is 0 Å². The normalized spacial score (nSPS) is 11.8. The average Bonchev–Trinajstić information content (AvgIpc) is 2.74. The molecule has 4 nitrogen and oxygen atoms in total. The third kappa shape index (κ3) is 4.91. The Bertz CT molecular complexity index is 1040. The van der Waals surface area contributed by atoms with E-state index in [1.54, 1.807) is 17.5 Å². The summed E-state index contributed by atoms with van der Waals surface area (Å²) < 4.78 is 34.7. The quantitative estimate of drug-likeness (QED) is 0.479. The van der Waals surface area contributed by atoms with E-state index in [-0.39, 0.29) is 5.92 Å². The van der Waals surface area contributed by atoms with Gasteiger partial charge >= 0.3 is 0 Å². The summed E-state index contributed by atoms with van der Waals surface area (Å²) in [7, 11) is -2.11. The summed E-state index contributed by atoms with van der Waals surface area (Å²) in [5.41, 5.74) is 3.47. The minimum atomic E-state index is -3.73. The van der Waals surface area contributed by atoms with Crippen molar-refractivity contribution in [1.29, 1.82) is 0 Å². The van der Waals surface area contributed by atoms with E-state index in [0.29, 0.717) is 23.5 Å². The Labute approximate surface area is 180 Å². The number of nitrogens with zero attached hydrogens (tertiary/aromatic N) is 1. The lowest BCUT2D eigenvalue weighted by molar-refractivity contribution is 0.398. The fourth-order valence-electron chi connectivity index (χ4n) is 3.52. The van der Waals surface area contributed by atoms with Crippen LogP contribution in [0.5, 0.6) is 5.75 Å². The molecular weight excluding hydrogens is 394 g/mol. The first-order valence-corrected chi connectivity index (χ1v) is 11.5. The number of aryl methyl sites for hydroxylation is 1. The zero-order valence-corrected chi connectivity index (χ0v) is 18.8. The minimum Gasteiger partial charge on any atom is -0.496 e. The molecule has 30 heavy (non-hydrogen) atoms. The Morgan fingerprint density at radius 2 is 1.37 bits per heavy atom. The molecule has 0 fully saturated rings. The SMILES string of the molecule is COc1cc(C)c(S(=O)(=O)N(Cc2ccccc2)Cc2ccccc2)cc1C(C)C. The fraction of sp³-hybridized carbons (Fsp3) is 0.280. The van der Waals surface area contributed by atoms with E-state index < -0.39 is 10.0 Å². The van der Waals surface area contributed by atoms with Gasteiger partial charge in [0.25, 0.3) is 0 Å². The Morgan fingerprint density at radius 1 is 0.867 bits per heavy atom. The van der Waals surface area contributed by atoms with Gasteiger partial charge in [-0.1, -0.05) is 74.5 Å². The van der Waals surface area contributed by atoms with E-state index in [2.05, 4.69) is 0 Å². The highest BCUT2D eigenvalue weighted by atomic mass is 32.2. The van der Waals surface area contributed by atoms with E-state index in [4.69, 9.17) is 4.74 Å². The first-order chi connectivity index (χ1) is 14.3. The van der Waals surface area contributed by atoms with Gasteiger partial charge in [-0.3, -0.25) is 0 Å². The highest BCUT2D eigenvalue weighted by molar-refractivity contribution is 7.89. The van der Waals surface area contributed by atoms with Crippen LogP contribution in [0.2, 0.25) is 0 Å². The lowest BCUT2D eigenvalue weighted by Gasteiger charge is -2.25. The van der Waals surface area contributed by atoms with Crippen molar-refractivity contribution in [3.05, 3.63) is 95.1 Å². The van der Waals surface area contributed by atoms with Crippen LogP contribution in [0.25, 0.3) is 0 Å². The molecule has 158 valence electrons. The molecule has 0 bridgehead atoms. The maximum Gasteiger partial charge on any atom is 0.243 e. The Hall–Kier alpha value is -2.63. The van der Waals surface area contributed by atoms with Crippen LogP contribution < -0.4 is 4.74 Å². The van der Waals surface area contributed by atoms with Crippen molar-refractivity contribution in [1.82, 2.24) is 4.31 Å². The Balaban J connectivity index is 2.08. The number of sulfonamides is 1. The molecular formula is C25H29NO3S. The first kappa shape index (κ1) is 22.1.